The number of carbonyl (C=O) groups is 1. The molecule has 1 unspecified atom stereocenters. The molecule has 0 N–H and O–H groups in total. The Hall–Kier alpha value is -0.500. The highest BCUT2D eigenvalue weighted by atomic mass is 32.2. The molecule has 2 heteroatoms. The molecular formula is C9H10OS. The lowest BCUT2D eigenvalue weighted by atomic mass is 10.00. The van der Waals surface area contributed by atoms with Gasteiger partial charge in [-0.1, -0.05) is 18.2 Å². The van der Waals surface area contributed by atoms with E-state index < -0.39 is 0 Å². The van der Waals surface area contributed by atoms with Crippen LogP contribution in [0.3, 0.4) is 0 Å². The average molecular weight is 166 g/mol. The molecule has 0 radical (unpaired) electrons. The van der Waals surface area contributed by atoms with Crippen LogP contribution in [0.1, 0.15) is 12.8 Å². The largest absolute Gasteiger partial charge is 0.299 e. The lowest BCUT2D eigenvalue weighted by Gasteiger charge is -2.04. The fourth-order valence-corrected chi connectivity index (χ4v) is 2.73. The van der Waals surface area contributed by atoms with Gasteiger partial charge in [-0.25, -0.2) is 0 Å². The summed E-state index contributed by atoms with van der Waals surface area (Å²) in [5.41, 5.74) is 0. The van der Waals surface area contributed by atoms with Gasteiger partial charge < -0.3 is 0 Å². The standard InChI is InChI=1S/C9H10OS/c10-8-3-1-2-4-9-7(8)5-6-11-9/h1-2,4,7H,3,5-6H2. The van der Waals surface area contributed by atoms with Crippen LogP contribution in [0.4, 0.5) is 0 Å². The van der Waals surface area contributed by atoms with Crippen LogP contribution in [0.5, 0.6) is 0 Å². The van der Waals surface area contributed by atoms with Gasteiger partial charge in [0.15, 0.2) is 0 Å². The summed E-state index contributed by atoms with van der Waals surface area (Å²) in [6.07, 6.45) is 7.73. The number of hydrogen-bond acceptors (Lipinski definition) is 2. The first-order valence-electron chi connectivity index (χ1n) is 3.90. The van der Waals surface area contributed by atoms with Crippen molar-refractivity contribution in [1.82, 2.24) is 0 Å². The first kappa shape index (κ1) is 7.17. The molecule has 0 bridgehead atoms. The SMILES string of the molecule is O=C1CC=CC=C2SCCC12. The first-order valence-corrected chi connectivity index (χ1v) is 4.89. The van der Waals surface area contributed by atoms with E-state index in [1.54, 1.807) is 0 Å². The Labute approximate surface area is 70.6 Å². The fraction of sp³-hybridized carbons (Fsp3) is 0.444. The first-order chi connectivity index (χ1) is 5.38. The number of fused-ring (bicyclic) bond motifs is 1. The highest BCUT2D eigenvalue weighted by Gasteiger charge is 2.27. The molecule has 0 amide bonds. The van der Waals surface area contributed by atoms with Gasteiger partial charge >= 0.3 is 0 Å². The van der Waals surface area contributed by atoms with Crippen LogP contribution in [0.2, 0.25) is 0 Å². The van der Waals surface area contributed by atoms with Crippen molar-refractivity contribution in [3.63, 3.8) is 0 Å². The third-order valence-corrected chi connectivity index (χ3v) is 3.32. The molecule has 0 aromatic heterocycles. The van der Waals surface area contributed by atoms with Crippen LogP contribution in [0.25, 0.3) is 0 Å². The monoisotopic (exact) mass is 166 g/mol. The van der Waals surface area contributed by atoms with E-state index >= 15 is 0 Å². The highest BCUT2D eigenvalue weighted by molar-refractivity contribution is 8.03. The van der Waals surface area contributed by atoms with Gasteiger partial charge in [-0.05, 0) is 17.1 Å². The van der Waals surface area contributed by atoms with Gasteiger partial charge in [0.1, 0.15) is 5.78 Å². The zero-order chi connectivity index (χ0) is 7.68. The number of Topliss-reactive ketones (excluding diaryl/α,β-unsaturated/α-hetero) is 1. The molecule has 2 rings (SSSR count). The molecule has 0 aromatic carbocycles. The van der Waals surface area contributed by atoms with Crippen molar-refractivity contribution in [2.75, 3.05) is 5.75 Å². The minimum Gasteiger partial charge on any atom is -0.299 e. The second-order valence-corrected chi connectivity index (χ2v) is 4.03. The lowest BCUT2D eigenvalue weighted by Crippen LogP contribution is -2.09. The summed E-state index contributed by atoms with van der Waals surface area (Å²) in [4.78, 5) is 12.7. The van der Waals surface area contributed by atoms with Gasteiger partial charge in [-0.2, -0.15) is 0 Å². The van der Waals surface area contributed by atoms with E-state index in [4.69, 9.17) is 0 Å². The minimum absolute atomic E-state index is 0.245. The summed E-state index contributed by atoms with van der Waals surface area (Å²) in [6, 6.07) is 0. The third-order valence-electron chi connectivity index (χ3n) is 2.12. The zero-order valence-electron chi connectivity index (χ0n) is 6.25. The Morgan fingerprint density at radius 1 is 1.55 bits per heavy atom. The molecule has 0 saturated carbocycles. The number of carbonyl (C=O) groups excluding carboxylic acids is 1. The summed E-state index contributed by atoms with van der Waals surface area (Å²) >= 11 is 1.83. The Morgan fingerprint density at radius 3 is 3.36 bits per heavy atom. The molecular weight excluding hydrogens is 156 g/mol. The minimum atomic E-state index is 0.245. The van der Waals surface area contributed by atoms with E-state index in [-0.39, 0.29) is 5.92 Å². The maximum Gasteiger partial charge on any atom is 0.144 e. The predicted octanol–water partition coefficient (Wildman–Crippen LogP) is 2.15. The van der Waals surface area contributed by atoms with Crippen LogP contribution < -0.4 is 0 Å². The molecule has 1 aliphatic carbocycles. The van der Waals surface area contributed by atoms with Gasteiger partial charge in [0.05, 0.1) is 0 Å². The predicted molar refractivity (Wildman–Crippen MR) is 47.4 cm³/mol. The van der Waals surface area contributed by atoms with E-state index in [0.717, 1.165) is 12.2 Å². The van der Waals surface area contributed by atoms with Crippen molar-refractivity contribution < 1.29 is 4.79 Å². The highest BCUT2D eigenvalue weighted by Crippen LogP contribution is 2.38. The van der Waals surface area contributed by atoms with Gasteiger partial charge in [0, 0.05) is 12.3 Å². The van der Waals surface area contributed by atoms with E-state index in [9.17, 15) is 4.79 Å². The fourth-order valence-electron chi connectivity index (χ4n) is 1.51. The molecule has 1 nitrogen and oxygen atoms in total. The lowest BCUT2D eigenvalue weighted by molar-refractivity contribution is -0.120. The van der Waals surface area contributed by atoms with Crippen LogP contribution in [-0.2, 0) is 4.79 Å². The van der Waals surface area contributed by atoms with E-state index in [1.165, 1.54) is 4.91 Å². The number of rotatable bonds is 0. The molecule has 11 heavy (non-hydrogen) atoms. The summed E-state index contributed by atoms with van der Waals surface area (Å²) in [5.74, 6) is 1.76. The third kappa shape index (κ3) is 1.27. The molecule has 1 saturated heterocycles. The Kier molecular flexibility index (Phi) is 1.86. The molecule has 1 fully saturated rings. The van der Waals surface area contributed by atoms with Crippen LogP contribution in [0.15, 0.2) is 23.1 Å². The van der Waals surface area contributed by atoms with Crippen molar-refractivity contribution in [2.24, 2.45) is 5.92 Å². The molecule has 0 spiro atoms. The molecule has 1 atom stereocenters. The Balaban J connectivity index is 2.29. The van der Waals surface area contributed by atoms with Crippen molar-refractivity contribution in [3.8, 4) is 0 Å². The maximum absolute atomic E-state index is 11.4. The number of thioether (sulfide) groups is 1. The number of allylic oxidation sites excluding steroid dienone is 4. The molecule has 1 aliphatic heterocycles. The maximum atomic E-state index is 11.4. The smallest absolute Gasteiger partial charge is 0.144 e. The second kappa shape index (κ2) is 2.86. The van der Waals surface area contributed by atoms with Gasteiger partial charge in [-0.15, -0.1) is 11.8 Å². The van der Waals surface area contributed by atoms with Gasteiger partial charge in [0.2, 0.25) is 0 Å². The van der Waals surface area contributed by atoms with Crippen LogP contribution in [-0.4, -0.2) is 11.5 Å². The second-order valence-electron chi connectivity index (χ2n) is 2.86. The van der Waals surface area contributed by atoms with E-state index in [0.29, 0.717) is 12.2 Å². The van der Waals surface area contributed by atoms with E-state index in [2.05, 4.69) is 6.08 Å². The van der Waals surface area contributed by atoms with Gasteiger partial charge in [0.25, 0.3) is 0 Å². The number of hydrogen-bond donors (Lipinski definition) is 0. The van der Waals surface area contributed by atoms with Crippen molar-refractivity contribution in [2.45, 2.75) is 12.8 Å². The zero-order valence-corrected chi connectivity index (χ0v) is 7.06. The average Bonchev–Trinajstić information content (AvgIpc) is 2.40. The van der Waals surface area contributed by atoms with Gasteiger partial charge in [-0.3, -0.25) is 4.79 Å². The Bertz CT molecular complexity index is 240. The quantitative estimate of drug-likeness (QED) is 0.548. The summed E-state index contributed by atoms with van der Waals surface area (Å²) < 4.78 is 0. The molecule has 2 aliphatic rings. The van der Waals surface area contributed by atoms with E-state index in [1.807, 2.05) is 23.9 Å². The Morgan fingerprint density at radius 2 is 2.45 bits per heavy atom. The summed E-state index contributed by atoms with van der Waals surface area (Å²) in [5, 5.41) is 0. The summed E-state index contributed by atoms with van der Waals surface area (Å²) in [6.45, 7) is 0. The van der Waals surface area contributed by atoms with Crippen molar-refractivity contribution in [3.05, 3.63) is 23.1 Å². The van der Waals surface area contributed by atoms with Crippen LogP contribution in [0, 0.1) is 5.92 Å². The molecule has 0 aromatic rings. The molecule has 1 heterocycles. The summed E-state index contributed by atoms with van der Waals surface area (Å²) in [7, 11) is 0. The van der Waals surface area contributed by atoms with Crippen LogP contribution >= 0.6 is 11.8 Å². The van der Waals surface area contributed by atoms with Crippen molar-refractivity contribution >= 4 is 17.5 Å². The van der Waals surface area contributed by atoms with Crippen molar-refractivity contribution in [1.29, 1.82) is 0 Å². The topological polar surface area (TPSA) is 17.1 Å². The normalized spacial score (nSPS) is 29.6. The number of ketones is 1. The molecule has 58 valence electrons.